The molecule has 118 valence electrons. The average Bonchev–Trinajstić information content (AvgIpc) is 2.51. The van der Waals surface area contributed by atoms with Gasteiger partial charge in [0.2, 0.25) is 0 Å². The molecule has 4 nitrogen and oxygen atoms in total. The molecular formula is C19H21N3O. The molecule has 4 heteroatoms. The second-order valence-electron chi connectivity index (χ2n) is 6.12. The van der Waals surface area contributed by atoms with Crippen molar-refractivity contribution in [1.29, 1.82) is 0 Å². The molecule has 1 N–H and O–H groups in total. The fourth-order valence-electron chi connectivity index (χ4n) is 2.70. The van der Waals surface area contributed by atoms with E-state index in [4.69, 9.17) is 4.98 Å². The lowest BCUT2D eigenvalue weighted by Crippen LogP contribution is -2.31. The number of hydrogen-bond donors (Lipinski definition) is 1. The summed E-state index contributed by atoms with van der Waals surface area (Å²) in [5.41, 5.74) is 3.37. The van der Waals surface area contributed by atoms with Crippen molar-refractivity contribution in [3.8, 4) is 0 Å². The minimum Gasteiger partial charge on any atom is -0.351 e. The molecule has 0 saturated heterocycles. The van der Waals surface area contributed by atoms with Gasteiger partial charge in [-0.2, -0.15) is 0 Å². The van der Waals surface area contributed by atoms with E-state index in [9.17, 15) is 4.79 Å². The summed E-state index contributed by atoms with van der Waals surface area (Å²) < 4.78 is 0. The van der Waals surface area contributed by atoms with Crippen LogP contribution in [0.25, 0.3) is 21.8 Å². The first-order chi connectivity index (χ1) is 11.0. The number of aromatic nitrogens is 1. The number of likely N-dealkylation sites (N-methyl/N-ethyl adjacent to an activating group) is 1. The third kappa shape index (κ3) is 3.32. The van der Waals surface area contributed by atoms with Crippen LogP contribution in [-0.2, 0) is 0 Å². The Balaban J connectivity index is 2.04. The minimum atomic E-state index is -0.0664. The molecule has 0 unspecified atom stereocenters. The van der Waals surface area contributed by atoms with Gasteiger partial charge in [-0.1, -0.05) is 18.2 Å². The fourth-order valence-corrected chi connectivity index (χ4v) is 2.70. The molecule has 0 fully saturated rings. The molecule has 0 aliphatic heterocycles. The van der Waals surface area contributed by atoms with Crippen LogP contribution in [0.15, 0.2) is 42.5 Å². The number of amides is 1. The average molecular weight is 307 g/mol. The Bertz CT molecular complexity index is 871. The van der Waals surface area contributed by atoms with Gasteiger partial charge in [-0.3, -0.25) is 4.79 Å². The number of nitrogens with zero attached hydrogens (tertiary/aromatic N) is 2. The van der Waals surface area contributed by atoms with Gasteiger partial charge in [0.05, 0.1) is 16.6 Å². The Morgan fingerprint density at radius 1 is 1.13 bits per heavy atom. The van der Waals surface area contributed by atoms with Gasteiger partial charge in [0, 0.05) is 23.9 Å². The van der Waals surface area contributed by atoms with Gasteiger partial charge in [0.15, 0.2) is 0 Å². The van der Waals surface area contributed by atoms with Gasteiger partial charge in [-0.15, -0.1) is 0 Å². The highest BCUT2D eigenvalue weighted by atomic mass is 16.1. The number of pyridine rings is 1. The van der Waals surface area contributed by atoms with Gasteiger partial charge < -0.3 is 10.2 Å². The van der Waals surface area contributed by atoms with E-state index in [1.165, 1.54) is 0 Å². The largest absolute Gasteiger partial charge is 0.351 e. The summed E-state index contributed by atoms with van der Waals surface area (Å²) in [4.78, 5) is 19.3. The second-order valence-corrected chi connectivity index (χ2v) is 6.12. The summed E-state index contributed by atoms with van der Waals surface area (Å²) in [5.74, 6) is -0.0664. The lowest BCUT2D eigenvalue weighted by Gasteiger charge is -2.12. The lowest BCUT2D eigenvalue weighted by molar-refractivity contribution is 0.0952. The van der Waals surface area contributed by atoms with Crippen molar-refractivity contribution in [2.45, 2.75) is 6.92 Å². The lowest BCUT2D eigenvalue weighted by atomic mass is 10.0. The third-order valence-corrected chi connectivity index (χ3v) is 3.85. The van der Waals surface area contributed by atoms with Crippen molar-refractivity contribution in [2.24, 2.45) is 0 Å². The maximum absolute atomic E-state index is 12.6. The summed E-state index contributed by atoms with van der Waals surface area (Å²) in [7, 11) is 3.98. The predicted octanol–water partition coefficient (Wildman–Crippen LogP) is 2.99. The zero-order valence-electron chi connectivity index (χ0n) is 13.8. The van der Waals surface area contributed by atoms with Crippen LogP contribution < -0.4 is 5.32 Å². The molecule has 2 aromatic carbocycles. The van der Waals surface area contributed by atoms with E-state index < -0.39 is 0 Å². The molecule has 3 rings (SSSR count). The van der Waals surface area contributed by atoms with Crippen molar-refractivity contribution in [1.82, 2.24) is 15.2 Å². The monoisotopic (exact) mass is 307 g/mol. The minimum absolute atomic E-state index is 0.0664. The molecule has 0 saturated carbocycles. The van der Waals surface area contributed by atoms with E-state index in [1.807, 2.05) is 56.3 Å². The van der Waals surface area contributed by atoms with E-state index in [0.29, 0.717) is 12.1 Å². The summed E-state index contributed by atoms with van der Waals surface area (Å²) in [6, 6.07) is 14.1. The molecule has 1 heterocycles. The summed E-state index contributed by atoms with van der Waals surface area (Å²) >= 11 is 0. The van der Waals surface area contributed by atoms with E-state index in [1.54, 1.807) is 0 Å². The first-order valence-corrected chi connectivity index (χ1v) is 7.77. The quantitative estimate of drug-likeness (QED) is 0.754. The Morgan fingerprint density at radius 3 is 2.70 bits per heavy atom. The number of aryl methyl sites for hydroxylation is 1. The maximum Gasteiger partial charge on any atom is 0.253 e. The molecule has 1 aromatic heterocycles. The number of nitrogens with one attached hydrogen (secondary N) is 1. The van der Waals surface area contributed by atoms with Gasteiger partial charge in [0.1, 0.15) is 0 Å². The Hall–Kier alpha value is -2.46. The number of carbonyl (C=O) groups excluding carboxylic acids is 1. The Labute approximate surface area is 136 Å². The fraction of sp³-hybridized carbons (Fsp3) is 0.263. The van der Waals surface area contributed by atoms with Crippen molar-refractivity contribution in [3.63, 3.8) is 0 Å². The van der Waals surface area contributed by atoms with Gasteiger partial charge in [-0.05, 0) is 50.8 Å². The summed E-state index contributed by atoms with van der Waals surface area (Å²) in [6.07, 6.45) is 0. The summed E-state index contributed by atoms with van der Waals surface area (Å²) in [5, 5.41) is 5.07. The van der Waals surface area contributed by atoms with Crippen LogP contribution in [0.4, 0.5) is 0 Å². The highest BCUT2D eigenvalue weighted by Gasteiger charge is 2.13. The highest BCUT2D eigenvalue weighted by molar-refractivity contribution is 6.08. The van der Waals surface area contributed by atoms with Crippen LogP contribution in [0.3, 0.4) is 0 Å². The van der Waals surface area contributed by atoms with Crippen LogP contribution in [0.2, 0.25) is 0 Å². The van der Waals surface area contributed by atoms with E-state index in [-0.39, 0.29) is 5.91 Å². The number of rotatable bonds is 4. The molecule has 0 aliphatic rings. The molecule has 0 bridgehead atoms. The zero-order valence-corrected chi connectivity index (χ0v) is 13.8. The molecule has 0 radical (unpaired) electrons. The van der Waals surface area contributed by atoms with Crippen molar-refractivity contribution in [3.05, 3.63) is 53.6 Å². The van der Waals surface area contributed by atoms with Gasteiger partial charge in [-0.25, -0.2) is 4.98 Å². The predicted molar refractivity (Wildman–Crippen MR) is 94.9 cm³/mol. The first-order valence-electron chi connectivity index (χ1n) is 7.77. The van der Waals surface area contributed by atoms with Crippen LogP contribution in [0.1, 0.15) is 15.9 Å². The van der Waals surface area contributed by atoms with Crippen molar-refractivity contribution >= 4 is 27.7 Å². The standard InChI is InChI=1S/C19H21N3O/c1-13-10-15-12-14-6-4-5-7-17(14)21-18(15)16(11-13)19(23)20-8-9-22(2)3/h4-7,10-12H,8-9H2,1-3H3,(H,20,23). The van der Waals surface area contributed by atoms with Crippen molar-refractivity contribution < 1.29 is 4.79 Å². The third-order valence-electron chi connectivity index (χ3n) is 3.85. The van der Waals surface area contributed by atoms with Gasteiger partial charge in [0.25, 0.3) is 5.91 Å². The zero-order chi connectivity index (χ0) is 16.4. The van der Waals surface area contributed by atoms with E-state index in [0.717, 1.165) is 33.9 Å². The molecule has 0 aliphatic carbocycles. The van der Waals surface area contributed by atoms with Crippen LogP contribution in [0.5, 0.6) is 0 Å². The number of fused-ring (bicyclic) bond motifs is 2. The van der Waals surface area contributed by atoms with Crippen LogP contribution >= 0.6 is 0 Å². The van der Waals surface area contributed by atoms with Gasteiger partial charge >= 0.3 is 0 Å². The van der Waals surface area contributed by atoms with E-state index in [2.05, 4.69) is 17.4 Å². The van der Waals surface area contributed by atoms with Crippen LogP contribution in [0, 0.1) is 6.92 Å². The molecular weight excluding hydrogens is 286 g/mol. The Kier molecular flexibility index (Phi) is 4.26. The molecule has 0 spiro atoms. The number of carbonyl (C=O) groups is 1. The SMILES string of the molecule is Cc1cc(C(=O)NCCN(C)C)c2nc3ccccc3cc2c1. The molecule has 23 heavy (non-hydrogen) atoms. The molecule has 3 aromatic rings. The maximum atomic E-state index is 12.6. The number of hydrogen-bond acceptors (Lipinski definition) is 3. The second kappa shape index (κ2) is 6.34. The highest BCUT2D eigenvalue weighted by Crippen LogP contribution is 2.24. The smallest absolute Gasteiger partial charge is 0.253 e. The molecule has 1 amide bonds. The topological polar surface area (TPSA) is 45.2 Å². The summed E-state index contributed by atoms with van der Waals surface area (Å²) in [6.45, 7) is 3.44. The number of para-hydroxylation sites is 1. The first kappa shape index (κ1) is 15.4. The van der Waals surface area contributed by atoms with Crippen LogP contribution in [-0.4, -0.2) is 43.0 Å². The normalized spacial score (nSPS) is 11.3. The van der Waals surface area contributed by atoms with E-state index >= 15 is 0 Å². The molecule has 0 atom stereocenters. The number of benzene rings is 2. The van der Waals surface area contributed by atoms with Crippen molar-refractivity contribution in [2.75, 3.05) is 27.2 Å². The Morgan fingerprint density at radius 2 is 1.91 bits per heavy atom.